The molecule has 2 rings (SSSR count). The molecule has 0 spiro atoms. The molecule has 1 amide bonds. The van der Waals surface area contributed by atoms with Crippen LogP contribution in [0.2, 0.25) is 0 Å². The van der Waals surface area contributed by atoms with E-state index in [1.807, 2.05) is 19.1 Å². The van der Waals surface area contributed by atoms with E-state index in [1.165, 1.54) is 12.1 Å². The first-order valence-electron chi connectivity index (χ1n) is 7.78. The lowest BCUT2D eigenvalue weighted by atomic mass is 10.0. The minimum atomic E-state index is -0.659. The lowest BCUT2D eigenvalue weighted by Gasteiger charge is -2.19. The number of carbonyl (C=O) groups excluding carboxylic acids is 2. The largest absolute Gasteiger partial charge is 0.466 e. The van der Waals surface area contributed by atoms with Gasteiger partial charge in [-0.2, -0.15) is 0 Å². The van der Waals surface area contributed by atoms with Gasteiger partial charge in [-0.15, -0.1) is 0 Å². The summed E-state index contributed by atoms with van der Waals surface area (Å²) < 4.78 is 18.4. The van der Waals surface area contributed by atoms with Crippen molar-refractivity contribution in [1.82, 2.24) is 5.32 Å². The summed E-state index contributed by atoms with van der Waals surface area (Å²) in [4.78, 5) is 24.2. The number of aryl methyl sites for hydroxylation is 1. The van der Waals surface area contributed by atoms with E-state index in [0.29, 0.717) is 11.1 Å². The molecule has 0 heterocycles. The zero-order valence-electron chi connectivity index (χ0n) is 13.7. The third-order valence-electron chi connectivity index (χ3n) is 3.55. The molecule has 2 aromatic carbocycles. The molecule has 0 bridgehead atoms. The van der Waals surface area contributed by atoms with Crippen LogP contribution in [0.25, 0.3) is 0 Å². The molecule has 0 fully saturated rings. The van der Waals surface area contributed by atoms with Crippen LogP contribution in [-0.2, 0) is 9.53 Å². The zero-order valence-corrected chi connectivity index (χ0v) is 13.7. The van der Waals surface area contributed by atoms with Crippen molar-refractivity contribution in [2.75, 3.05) is 6.61 Å². The van der Waals surface area contributed by atoms with Crippen molar-refractivity contribution in [2.45, 2.75) is 26.3 Å². The number of amides is 1. The summed E-state index contributed by atoms with van der Waals surface area (Å²) in [6.45, 7) is 3.89. The Labute approximate surface area is 140 Å². The van der Waals surface area contributed by atoms with E-state index in [1.54, 1.807) is 31.2 Å². The molecule has 0 aromatic heterocycles. The summed E-state index contributed by atoms with van der Waals surface area (Å²) in [6.07, 6.45) is -0.0606. The second-order valence-electron chi connectivity index (χ2n) is 5.46. The lowest BCUT2D eigenvalue weighted by Crippen LogP contribution is -2.30. The zero-order chi connectivity index (χ0) is 17.5. The van der Waals surface area contributed by atoms with Crippen molar-refractivity contribution in [2.24, 2.45) is 0 Å². The van der Waals surface area contributed by atoms with E-state index in [9.17, 15) is 14.0 Å². The van der Waals surface area contributed by atoms with Gasteiger partial charge in [-0.25, -0.2) is 4.39 Å². The van der Waals surface area contributed by atoms with Gasteiger partial charge in [-0.1, -0.05) is 29.8 Å². The predicted molar refractivity (Wildman–Crippen MR) is 89.0 cm³/mol. The van der Waals surface area contributed by atoms with Crippen LogP contribution in [0.3, 0.4) is 0 Å². The van der Waals surface area contributed by atoms with E-state index in [4.69, 9.17) is 4.74 Å². The van der Waals surface area contributed by atoms with E-state index in [2.05, 4.69) is 5.32 Å². The van der Waals surface area contributed by atoms with Crippen LogP contribution in [0, 0.1) is 12.7 Å². The van der Waals surface area contributed by atoms with Crippen molar-refractivity contribution in [1.29, 1.82) is 0 Å². The van der Waals surface area contributed by atoms with Gasteiger partial charge in [0.15, 0.2) is 0 Å². The van der Waals surface area contributed by atoms with Crippen LogP contribution < -0.4 is 5.32 Å². The van der Waals surface area contributed by atoms with Crippen molar-refractivity contribution < 1.29 is 18.7 Å². The molecular weight excluding hydrogens is 309 g/mol. The number of nitrogens with one attached hydrogen (secondary N) is 1. The summed E-state index contributed by atoms with van der Waals surface area (Å²) in [7, 11) is 0. The van der Waals surface area contributed by atoms with E-state index < -0.39 is 17.8 Å². The van der Waals surface area contributed by atoms with Crippen LogP contribution in [0.4, 0.5) is 4.39 Å². The maximum atomic E-state index is 13.5. The Morgan fingerprint density at radius 2 is 1.88 bits per heavy atom. The maximum Gasteiger partial charge on any atom is 0.308 e. The van der Waals surface area contributed by atoms with Crippen molar-refractivity contribution in [3.63, 3.8) is 0 Å². The van der Waals surface area contributed by atoms with Crippen molar-refractivity contribution >= 4 is 11.9 Å². The fourth-order valence-electron chi connectivity index (χ4n) is 2.31. The average molecular weight is 329 g/mol. The number of rotatable bonds is 6. The molecule has 0 aliphatic heterocycles. The Morgan fingerprint density at radius 3 is 2.50 bits per heavy atom. The van der Waals surface area contributed by atoms with Crippen LogP contribution >= 0.6 is 0 Å². The molecule has 5 heteroatoms. The Bertz CT molecular complexity index is 713. The fraction of sp³-hybridized carbons (Fsp3) is 0.263. The van der Waals surface area contributed by atoms with Crippen LogP contribution in [0.5, 0.6) is 0 Å². The normalized spacial score (nSPS) is 11.6. The minimum absolute atomic E-state index is 0.0606. The Morgan fingerprint density at radius 1 is 1.17 bits per heavy atom. The molecule has 1 N–H and O–H groups in total. The Kier molecular flexibility index (Phi) is 6.07. The maximum absolute atomic E-state index is 13.5. The molecule has 1 atom stereocenters. The highest BCUT2D eigenvalue weighted by Crippen LogP contribution is 2.19. The molecule has 24 heavy (non-hydrogen) atoms. The summed E-state index contributed by atoms with van der Waals surface area (Å²) in [5.74, 6) is -1.20. The monoisotopic (exact) mass is 329 g/mol. The molecule has 0 saturated carbocycles. The smallest absolute Gasteiger partial charge is 0.308 e. The molecule has 0 saturated heterocycles. The Hall–Kier alpha value is -2.69. The molecule has 1 unspecified atom stereocenters. The topological polar surface area (TPSA) is 55.4 Å². The van der Waals surface area contributed by atoms with Gasteiger partial charge < -0.3 is 10.1 Å². The number of esters is 1. The van der Waals surface area contributed by atoms with Gasteiger partial charge in [0.2, 0.25) is 0 Å². The number of halogens is 1. The molecule has 0 radical (unpaired) electrons. The van der Waals surface area contributed by atoms with Crippen molar-refractivity contribution in [3.8, 4) is 0 Å². The van der Waals surface area contributed by atoms with Gasteiger partial charge in [-0.3, -0.25) is 9.59 Å². The van der Waals surface area contributed by atoms with Gasteiger partial charge >= 0.3 is 5.97 Å². The van der Waals surface area contributed by atoms with Crippen LogP contribution in [0.15, 0.2) is 48.5 Å². The second-order valence-corrected chi connectivity index (χ2v) is 5.46. The SMILES string of the molecule is CCOC(=O)CC(NC(=O)c1ccc(C)cc1)c1cccc(F)c1. The van der Waals surface area contributed by atoms with E-state index in [-0.39, 0.29) is 18.9 Å². The molecule has 0 aliphatic carbocycles. The predicted octanol–water partition coefficient (Wildman–Crippen LogP) is 3.56. The van der Waals surface area contributed by atoms with E-state index >= 15 is 0 Å². The number of hydrogen-bond donors (Lipinski definition) is 1. The Balaban J connectivity index is 2.20. The average Bonchev–Trinajstić information content (AvgIpc) is 2.55. The molecule has 126 valence electrons. The highest BCUT2D eigenvalue weighted by atomic mass is 19.1. The summed E-state index contributed by atoms with van der Waals surface area (Å²) in [5.41, 5.74) is 2.04. The fourth-order valence-corrected chi connectivity index (χ4v) is 2.31. The molecule has 4 nitrogen and oxygen atoms in total. The van der Waals surface area contributed by atoms with Crippen LogP contribution in [-0.4, -0.2) is 18.5 Å². The first-order valence-corrected chi connectivity index (χ1v) is 7.78. The van der Waals surface area contributed by atoms with Crippen molar-refractivity contribution in [3.05, 3.63) is 71.0 Å². The number of carbonyl (C=O) groups is 2. The first kappa shape index (κ1) is 17.7. The second kappa shape index (κ2) is 8.24. The third kappa shape index (κ3) is 4.91. The number of ether oxygens (including phenoxy) is 1. The number of hydrogen-bond acceptors (Lipinski definition) is 3. The van der Waals surface area contributed by atoms with Gasteiger partial charge in [0, 0.05) is 5.56 Å². The van der Waals surface area contributed by atoms with Gasteiger partial charge in [-0.05, 0) is 43.7 Å². The van der Waals surface area contributed by atoms with Gasteiger partial charge in [0.25, 0.3) is 5.91 Å². The number of benzene rings is 2. The molecular formula is C19H20FNO3. The standard InChI is InChI=1S/C19H20FNO3/c1-3-24-18(22)12-17(15-5-4-6-16(20)11-15)21-19(23)14-9-7-13(2)8-10-14/h4-11,17H,3,12H2,1-2H3,(H,21,23). The highest BCUT2D eigenvalue weighted by molar-refractivity contribution is 5.94. The summed E-state index contributed by atoms with van der Waals surface area (Å²) in [5, 5.41) is 2.78. The molecule has 2 aromatic rings. The highest BCUT2D eigenvalue weighted by Gasteiger charge is 2.20. The minimum Gasteiger partial charge on any atom is -0.466 e. The quantitative estimate of drug-likeness (QED) is 0.825. The van der Waals surface area contributed by atoms with Crippen LogP contribution in [0.1, 0.15) is 40.9 Å². The summed E-state index contributed by atoms with van der Waals surface area (Å²) in [6, 6.07) is 12.2. The molecule has 0 aliphatic rings. The van der Waals surface area contributed by atoms with E-state index in [0.717, 1.165) is 5.56 Å². The first-order chi connectivity index (χ1) is 11.5. The lowest BCUT2D eigenvalue weighted by molar-refractivity contribution is -0.143. The third-order valence-corrected chi connectivity index (χ3v) is 3.55. The van der Waals surface area contributed by atoms with Gasteiger partial charge in [0.1, 0.15) is 5.82 Å². The van der Waals surface area contributed by atoms with Gasteiger partial charge in [0.05, 0.1) is 19.1 Å². The summed E-state index contributed by atoms with van der Waals surface area (Å²) >= 11 is 0.